The highest BCUT2D eigenvalue weighted by molar-refractivity contribution is 6.46. The van der Waals surface area contributed by atoms with Gasteiger partial charge in [-0.25, -0.2) is 0 Å². The number of benzene rings is 2. The Morgan fingerprint density at radius 2 is 1.43 bits per heavy atom. The van der Waals surface area contributed by atoms with Crippen LogP contribution in [-0.2, 0) is 9.59 Å². The van der Waals surface area contributed by atoms with Gasteiger partial charge in [-0.15, -0.1) is 0 Å². The quantitative estimate of drug-likeness (QED) is 0.494. The van der Waals surface area contributed by atoms with Crippen LogP contribution in [0.25, 0.3) is 5.76 Å². The fraction of sp³-hybridized carbons (Fsp3) is 0.0588. The average molecular weight is 348 g/mol. The first-order valence-corrected chi connectivity index (χ1v) is 7.52. The van der Waals surface area contributed by atoms with Gasteiger partial charge in [0.15, 0.2) is 0 Å². The second kappa shape index (κ2) is 6.07. The molecule has 1 fully saturated rings. The van der Waals surface area contributed by atoms with Crippen molar-refractivity contribution in [3.8, 4) is 0 Å². The number of hydrogen-bond donors (Lipinski definition) is 2. The number of ketones is 1. The van der Waals surface area contributed by atoms with Crippen LogP contribution in [-0.4, -0.2) is 16.8 Å². The van der Waals surface area contributed by atoms with E-state index >= 15 is 0 Å². The highest BCUT2D eigenvalue weighted by atomic mass is 35.5. The summed E-state index contributed by atoms with van der Waals surface area (Å²) in [6, 6.07) is 12.3. The second-order valence-corrected chi connectivity index (χ2v) is 5.93. The summed E-state index contributed by atoms with van der Waals surface area (Å²) in [6.45, 7) is 0. The Labute approximate surface area is 142 Å². The van der Waals surface area contributed by atoms with Crippen molar-refractivity contribution in [3.05, 3.63) is 75.3 Å². The first kappa shape index (κ1) is 15.6. The molecular formula is C17H11Cl2NO3. The van der Waals surface area contributed by atoms with Gasteiger partial charge in [0, 0.05) is 15.6 Å². The minimum absolute atomic E-state index is 0.0136. The number of nitrogens with one attached hydrogen (secondary N) is 1. The van der Waals surface area contributed by atoms with Crippen molar-refractivity contribution in [2.45, 2.75) is 6.04 Å². The Morgan fingerprint density at radius 1 is 0.913 bits per heavy atom. The highest BCUT2D eigenvalue weighted by Gasteiger charge is 2.39. The van der Waals surface area contributed by atoms with Crippen LogP contribution in [0, 0.1) is 0 Å². The normalized spacial score (nSPS) is 19.7. The van der Waals surface area contributed by atoms with E-state index in [4.69, 9.17) is 23.2 Å². The maximum Gasteiger partial charge on any atom is 0.293 e. The standard InChI is InChI=1S/C17H11Cl2NO3/c18-11-5-1-9(2-6-11)14-13(16(22)17(23)20-14)15(21)10-3-7-12(19)8-4-10/h1-8,14,21H,(H,20,23)/b15-13+/t14-/m1/s1. The van der Waals surface area contributed by atoms with Gasteiger partial charge < -0.3 is 10.4 Å². The van der Waals surface area contributed by atoms with E-state index in [0.717, 1.165) is 0 Å². The first-order chi connectivity index (χ1) is 11.0. The zero-order valence-corrected chi connectivity index (χ0v) is 13.2. The molecule has 1 aliphatic rings. The lowest BCUT2D eigenvalue weighted by Gasteiger charge is -2.13. The molecule has 2 N–H and O–H groups in total. The number of amides is 1. The molecule has 0 spiro atoms. The Balaban J connectivity index is 2.10. The minimum atomic E-state index is -0.752. The van der Waals surface area contributed by atoms with Gasteiger partial charge in [0.05, 0.1) is 11.6 Å². The van der Waals surface area contributed by atoms with Crippen LogP contribution in [0.1, 0.15) is 17.2 Å². The van der Waals surface area contributed by atoms with Crippen LogP contribution in [0.4, 0.5) is 0 Å². The largest absolute Gasteiger partial charge is 0.507 e. The monoisotopic (exact) mass is 347 g/mol. The molecule has 1 heterocycles. The van der Waals surface area contributed by atoms with Crippen molar-refractivity contribution >= 4 is 40.7 Å². The Kier molecular flexibility index (Phi) is 4.11. The van der Waals surface area contributed by atoms with E-state index in [2.05, 4.69) is 5.32 Å². The second-order valence-electron chi connectivity index (χ2n) is 5.06. The van der Waals surface area contributed by atoms with Crippen molar-refractivity contribution < 1.29 is 14.7 Å². The van der Waals surface area contributed by atoms with E-state index in [0.29, 0.717) is 21.2 Å². The molecular weight excluding hydrogens is 337 g/mol. The SMILES string of the molecule is O=C1N[C@H](c2ccc(Cl)cc2)/C(=C(\O)c2ccc(Cl)cc2)C1=O. The Hall–Kier alpha value is -2.30. The molecule has 6 heteroatoms. The molecule has 23 heavy (non-hydrogen) atoms. The number of carbonyl (C=O) groups is 2. The lowest BCUT2D eigenvalue weighted by atomic mass is 9.96. The van der Waals surface area contributed by atoms with Crippen LogP contribution >= 0.6 is 23.2 Å². The van der Waals surface area contributed by atoms with Crippen molar-refractivity contribution in [1.29, 1.82) is 0 Å². The lowest BCUT2D eigenvalue weighted by Crippen LogP contribution is -2.21. The number of hydrogen-bond acceptors (Lipinski definition) is 3. The van der Waals surface area contributed by atoms with Gasteiger partial charge in [0.2, 0.25) is 0 Å². The molecule has 3 rings (SSSR count). The zero-order chi connectivity index (χ0) is 16.6. The minimum Gasteiger partial charge on any atom is -0.507 e. The third-order valence-corrected chi connectivity index (χ3v) is 4.10. The molecule has 0 saturated carbocycles. The van der Waals surface area contributed by atoms with Gasteiger partial charge in [0.25, 0.3) is 11.7 Å². The molecule has 1 amide bonds. The molecule has 1 saturated heterocycles. The first-order valence-electron chi connectivity index (χ1n) is 6.77. The van der Waals surface area contributed by atoms with E-state index in [1.54, 1.807) is 48.5 Å². The van der Waals surface area contributed by atoms with Crippen molar-refractivity contribution in [1.82, 2.24) is 5.32 Å². The van der Waals surface area contributed by atoms with Gasteiger partial charge in [0.1, 0.15) is 5.76 Å². The van der Waals surface area contributed by atoms with Crippen molar-refractivity contribution in [2.75, 3.05) is 0 Å². The van der Waals surface area contributed by atoms with Crippen molar-refractivity contribution in [3.63, 3.8) is 0 Å². The zero-order valence-electron chi connectivity index (χ0n) is 11.7. The Morgan fingerprint density at radius 3 is 2.00 bits per heavy atom. The summed E-state index contributed by atoms with van der Waals surface area (Å²) in [4.78, 5) is 23.9. The number of Topliss-reactive ketones (excluding diaryl/α,β-unsaturated/α-hetero) is 1. The van der Waals surface area contributed by atoms with E-state index in [-0.39, 0.29) is 11.3 Å². The third kappa shape index (κ3) is 2.96. The molecule has 4 nitrogen and oxygen atoms in total. The molecule has 0 aliphatic carbocycles. The molecule has 0 unspecified atom stereocenters. The van der Waals surface area contributed by atoms with Gasteiger partial charge >= 0.3 is 0 Å². The fourth-order valence-electron chi connectivity index (χ4n) is 2.43. The van der Waals surface area contributed by atoms with Gasteiger partial charge in [-0.05, 0) is 42.0 Å². The van der Waals surface area contributed by atoms with Crippen LogP contribution in [0.15, 0.2) is 54.1 Å². The molecule has 1 aliphatic heterocycles. The molecule has 2 aromatic carbocycles. The summed E-state index contributed by atoms with van der Waals surface area (Å²) in [6.07, 6.45) is 0. The molecule has 0 aromatic heterocycles. The highest BCUT2D eigenvalue weighted by Crippen LogP contribution is 2.33. The number of aliphatic hydroxyl groups excluding tert-OH is 1. The molecule has 2 aromatic rings. The molecule has 1 atom stereocenters. The van der Waals surface area contributed by atoms with E-state index in [9.17, 15) is 14.7 Å². The summed E-state index contributed by atoms with van der Waals surface area (Å²) in [5, 5.41) is 14.1. The lowest BCUT2D eigenvalue weighted by molar-refractivity contribution is -0.133. The topological polar surface area (TPSA) is 66.4 Å². The van der Waals surface area contributed by atoms with Crippen LogP contribution in [0.3, 0.4) is 0 Å². The van der Waals surface area contributed by atoms with Crippen LogP contribution in [0.5, 0.6) is 0 Å². The maximum absolute atomic E-state index is 12.2. The number of carbonyl (C=O) groups excluding carboxylic acids is 2. The predicted octanol–water partition coefficient (Wildman–Crippen LogP) is 3.70. The van der Waals surface area contributed by atoms with Gasteiger partial charge in [-0.1, -0.05) is 35.3 Å². The third-order valence-electron chi connectivity index (χ3n) is 3.59. The summed E-state index contributed by atoms with van der Waals surface area (Å²) >= 11 is 11.7. The summed E-state index contributed by atoms with van der Waals surface area (Å²) in [7, 11) is 0. The molecule has 0 bridgehead atoms. The average Bonchev–Trinajstić information content (AvgIpc) is 2.84. The summed E-state index contributed by atoms with van der Waals surface area (Å²) in [5.74, 6) is -1.75. The molecule has 0 radical (unpaired) electrons. The number of rotatable bonds is 2. The van der Waals surface area contributed by atoms with E-state index < -0.39 is 17.7 Å². The Bertz CT molecular complexity index is 811. The van der Waals surface area contributed by atoms with Crippen LogP contribution < -0.4 is 5.32 Å². The van der Waals surface area contributed by atoms with Gasteiger partial charge in [-0.2, -0.15) is 0 Å². The van der Waals surface area contributed by atoms with Gasteiger partial charge in [-0.3, -0.25) is 9.59 Å². The number of aliphatic hydroxyl groups is 1. The van der Waals surface area contributed by atoms with E-state index in [1.807, 2.05) is 0 Å². The summed E-state index contributed by atoms with van der Waals surface area (Å²) in [5.41, 5.74) is 1.08. The summed E-state index contributed by atoms with van der Waals surface area (Å²) < 4.78 is 0. The predicted molar refractivity (Wildman–Crippen MR) is 88.3 cm³/mol. The molecule has 116 valence electrons. The van der Waals surface area contributed by atoms with Crippen LogP contribution in [0.2, 0.25) is 10.0 Å². The van der Waals surface area contributed by atoms with Crippen molar-refractivity contribution in [2.24, 2.45) is 0 Å². The van der Waals surface area contributed by atoms with E-state index in [1.165, 1.54) is 0 Å². The number of halogens is 2. The smallest absolute Gasteiger partial charge is 0.293 e. The fourth-order valence-corrected chi connectivity index (χ4v) is 2.69. The maximum atomic E-state index is 12.2.